The molecule has 0 fully saturated rings. The van der Waals surface area contributed by atoms with E-state index in [0.717, 1.165) is 19.1 Å². The lowest BCUT2D eigenvalue weighted by Crippen LogP contribution is -2.60. The van der Waals surface area contributed by atoms with Gasteiger partial charge in [-0.05, 0) is 53.8 Å². The van der Waals surface area contributed by atoms with E-state index < -0.39 is 35.1 Å². The van der Waals surface area contributed by atoms with Crippen LogP contribution in [0.5, 0.6) is 0 Å². The summed E-state index contributed by atoms with van der Waals surface area (Å²) >= 11 is 5.79. The molecule has 2 aromatic carbocycles. The van der Waals surface area contributed by atoms with Crippen molar-refractivity contribution in [2.45, 2.75) is 44.2 Å². The smallest absolute Gasteiger partial charge is 0.221 e. The van der Waals surface area contributed by atoms with Crippen LogP contribution in [0.25, 0.3) is 11.1 Å². The summed E-state index contributed by atoms with van der Waals surface area (Å²) in [6.07, 6.45) is -13.5. The quantitative estimate of drug-likeness (QED) is 0.423. The van der Waals surface area contributed by atoms with Crippen LogP contribution in [0, 0.1) is 13.0 Å². The molecule has 0 nitrogen and oxygen atoms in total. The topological polar surface area (TPSA) is 0 Å². The minimum absolute atomic E-state index is 0.0323. The second kappa shape index (κ2) is 7.41. The Morgan fingerprint density at radius 2 is 1.48 bits per heavy atom. The fraction of sp³-hybridized carbons (Fsp3) is 0.368. The van der Waals surface area contributed by atoms with E-state index in [-0.39, 0.29) is 28.1 Å². The molecule has 0 aliphatic rings. The molecule has 0 aromatic heterocycles. The molecule has 29 heavy (non-hydrogen) atoms. The Kier molecular flexibility index (Phi) is 5.98. The second-order valence-corrected chi connectivity index (χ2v) is 6.75. The number of benzene rings is 2. The van der Waals surface area contributed by atoms with Crippen molar-refractivity contribution in [3.05, 3.63) is 58.1 Å². The largest absolute Gasteiger partial charge is 0.457 e. The van der Waals surface area contributed by atoms with E-state index in [1.165, 1.54) is 19.1 Å². The first-order valence-electron chi connectivity index (χ1n) is 8.10. The average Bonchev–Trinajstić information content (AvgIpc) is 2.57. The van der Waals surface area contributed by atoms with Gasteiger partial charge in [-0.25, -0.2) is 4.39 Å². The zero-order chi connectivity index (χ0) is 22.4. The molecule has 0 aliphatic heterocycles. The third kappa shape index (κ3) is 3.81. The van der Waals surface area contributed by atoms with E-state index in [1.807, 2.05) is 0 Å². The van der Waals surface area contributed by atoms with Gasteiger partial charge in [-0.15, -0.1) is 0 Å². The molecule has 0 saturated heterocycles. The Bertz CT molecular complexity index is 900. The van der Waals surface area contributed by atoms with Crippen molar-refractivity contribution in [2.24, 2.45) is 0 Å². The van der Waals surface area contributed by atoms with E-state index in [4.69, 9.17) is 11.6 Å². The molecule has 2 aromatic rings. The van der Waals surface area contributed by atoms with Gasteiger partial charge in [-0.3, -0.25) is 0 Å². The Labute approximate surface area is 165 Å². The number of hydrogen-bond acceptors (Lipinski definition) is 0. The number of aryl methyl sites for hydroxylation is 2. The van der Waals surface area contributed by atoms with Crippen LogP contribution in [-0.4, -0.2) is 18.3 Å². The van der Waals surface area contributed by atoms with Gasteiger partial charge in [-0.1, -0.05) is 36.7 Å². The van der Waals surface area contributed by atoms with Gasteiger partial charge in [-0.2, -0.15) is 35.1 Å². The van der Waals surface area contributed by atoms with Crippen LogP contribution < -0.4 is 0 Å². The lowest BCUT2D eigenvalue weighted by atomic mass is 9.79. The summed E-state index contributed by atoms with van der Waals surface area (Å²) in [6, 6.07) is 7.64. The molecule has 10 heteroatoms. The average molecular weight is 448 g/mol. The molecular weight excluding hydrogens is 435 g/mol. The van der Waals surface area contributed by atoms with Gasteiger partial charge in [0.1, 0.15) is 0 Å². The monoisotopic (exact) mass is 447 g/mol. The fourth-order valence-corrected chi connectivity index (χ4v) is 3.18. The molecular formula is C19H13ClF9. The normalized spacial score (nSPS) is 15.3. The summed E-state index contributed by atoms with van der Waals surface area (Å²) in [6.45, 7) is 2.53. The van der Waals surface area contributed by atoms with Crippen LogP contribution in [0.4, 0.5) is 39.5 Å². The molecule has 0 amide bonds. The molecule has 0 bridgehead atoms. The minimum Gasteiger partial charge on any atom is -0.221 e. The molecule has 1 unspecified atom stereocenters. The zero-order valence-corrected chi connectivity index (χ0v) is 15.6. The lowest BCUT2D eigenvalue weighted by molar-refractivity contribution is -0.389. The first kappa shape index (κ1) is 23.4. The van der Waals surface area contributed by atoms with Crippen LogP contribution in [0.15, 0.2) is 30.3 Å². The summed E-state index contributed by atoms with van der Waals surface area (Å²) in [5.74, 6) is -6.76. The maximum Gasteiger partial charge on any atom is 0.457 e. The molecule has 0 aliphatic carbocycles. The summed E-state index contributed by atoms with van der Waals surface area (Å²) < 4.78 is 123. The van der Waals surface area contributed by atoms with Crippen LogP contribution in [0.3, 0.4) is 0 Å². The number of rotatable bonds is 4. The van der Waals surface area contributed by atoms with Crippen LogP contribution >= 0.6 is 11.6 Å². The van der Waals surface area contributed by atoms with Gasteiger partial charge in [0.2, 0.25) is 0 Å². The third-order valence-electron chi connectivity index (χ3n) is 4.30. The highest BCUT2D eigenvalue weighted by atomic mass is 35.5. The van der Waals surface area contributed by atoms with Crippen LogP contribution in [0.1, 0.15) is 23.6 Å². The number of alkyl halides is 9. The van der Waals surface area contributed by atoms with Crippen LogP contribution in [-0.2, 0) is 12.1 Å². The summed E-state index contributed by atoms with van der Waals surface area (Å²) in [5.41, 5.74) is -9.28. The van der Waals surface area contributed by atoms with Gasteiger partial charge < -0.3 is 0 Å². The maximum atomic E-state index is 15.2. The van der Waals surface area contributed by atoms with E-state index in [1.54, 1.807) is 0 Å². The maximum absolute atomic E-state index is 15.2. The zero-order valence-electron chi connectivity index (χ0n) is 14.9. The molecule has 0 saturated carbocycles. The van der Waals surface area contributed by atoms with Crippen LogP contribution in [0.2, 0.25) is 5.02 Å². The molecule has 0 spiro atoms. The summed E-state index contributed by atoms with van der Waals surface area (Å²) in [7, 11) is 0. The molecule has 159 valence electrons. The molecule has 1 radical (unpaired) electrons. The SMILES string of the molecule is CCc1[c]c(C)cc(C(F)(C(F)(F)F)C(F)(F)C(F)(F)F)c1-c1cccc(Cl)c1. The lowest BCUT2D eigenvalue weighted by Gasteiger charge is -2.37. The predicted molar refractivity (Wildman–Crippen MR) is 89.7 cm³/mol. The Balaban J connectivity index is 3.05. The molecule has 2 rings (SSSR count). The van der Waals surface area contributed by atoms with Gasteiger partial charge in [0, 0.05) is 10.6 Å². The highest BCUT2D eigenvalue weighted by molar-refractivity contribution is 6.30. The highest BCUT2D eigenvalue weighted by Gasteiger charge is 2.82. The van der Waals surface area contributed by atoms with Crippen molar-refractivity contribution in [1.29, 1.82) is 0 Å². The van der Waals surface area contributed by atoms with Crippen molar-refractivity contribution in [1.82, 2.24) is 0 Å². The molecule has 0 heterocycles. The van der Waals surface area contributed by atoms with Gasteiger partial charge in [0.05, 0.1) is 0 Å². The van der Waals surface area contributed by atoms with E-state index >= 15 is 4.39 Å². The van der Waals surface area contributed by atoms with E-state index in [9.17, 15) is 35.1 Å². The fourth-order valence-electron chi connectivity index (χ4n) is 2.99. The Morgan fingerprint density at radius 1 is 0.897 bits per heavy atom. The van der Waals surface area contributed by atoms with E-state index in [0.29, 0.717) is 6.07 Å². The minimum atomic E-state index is -6.80. The standard InChI is InChI=1S/C19H13ClF9/c1-3-11-7-10(2)8-14(15(11)12-5-4-6-13(20)9-12)16(21,18(24,25)26)17(22,23)19(27,28)29/h4-6,8-9H,3H2,1-2H3. The van der Waals surface area contributed by atoms with Crippen molar-refractivity contribution in [3.8, 4) is 11.1 Å². The van der Waals surface area contributed by atoms with Gasteiger partial charge >= 0.3 is 23.9 Å². The molecule has 1 atom stereocenters. The van der Waals surface area contributed by atoms with E-state index in [2.05, 4.69) is 6.07 Å². The first-order chi connectivity index (χ1) is 13.1. The van der Waals surface area contributed by atoms with Gasteiger partial charge in [0.25, 0.3) is 0 Å². The van der Waals surface area contributed by atoms with Gasteiger partial charge in [0.15, 0.2) is 0 Å². The predicted octanol–water partition coefficient (Wildman–Crippen LogP) is 7.60. The first-order valence-corrected chi connectivity index (χ1v) is 8.48. The van der Waals surface area contributed by atoms with Crippen molar-refractivity contribution >= 4 is 11.6 Å². The number of hydrogen-bond donors (Lipinski definition) is 0. The van der Waals surface area contributed by atoms with Crippen molar-refractivity contribution < 1.29 is 39.5 Å². The Hall–Kier alpha value is -1.90. The molecule has 0 N–H and O–H groups in total. The third-order valence-corrected chi connectivity index (χ3v) is 4.53. The summed E-state index contributed by atoms with van der Waals surface area (Å²) in [4.78, 5) is 0. The second-order valence-electron chi connectivity index (χ2n) is 6.31. The summed E-state index contributed by atoms with van der Waals surface area (Å²) in [5, 5.41) is -0.0323. The highest BCUT2D eigenvalue weighted by Crippen LogP contribution is 2.60. The Morgan fingerprint density at radius 3 is 1.93 bits per heavy atom. The van der Waals surface area contributed by atoms with Crippen molar-refractivity contribution in [3.63, 3.8) is 0 Å². The number of halogens is 10. The van der Waals surface area contributed by atoms with Crippen molar-refractivity contribution in [2.75, 3.05) is 0 Å².